The summed E-state index contributed by atoms with van der Waals surface area (Å²) in [5, 5.41) is 3.30. The lowest BCUT2D eigenvalue weighted by Gasteiger charge is -2.30. The molecule has 1 aromatic heterocycles. The molecule has 0 radical (unpaired) electrons. The summed E-state index contributed by atoms with van der Waals surface area (Å²) in [6, 6.07) is 16.2. The normalized spacial score (nSPS) is 16.9. The first-order valence-electron chi connectivity index (χ1n) is 8.08. The van der Waals surface area contributed by atoms with Gasteiger partial charge < -0.3 is 5.32 Å². The van der Waals surface area contributed by atoms with E-state index in [1.54, 1.807) is 6.92 Å². The molecule has 0 aliphatic carbocycles. The molecular weight excluding hydrogens is 298 g/mol. The van der Waals surface area contributed by atoms with E-state index in [-0.39, 0.29) is 11.8 Å². The number of rotatable bonds is 2. The Morgan fingerprint density at radius 1 is 1.08 bits per heavy atom. The van der Waals surface area contributed by atoms with Gasteiger partial charge in [-0.2, -0.15) is 0 Å². The lowest BCUT2D eigenvalue weighted by atomic mass is 9.92. The number of Topliss-reactive ketones (excluding diaryl/α,β-unsaturated/α-hetero) is 1. The number of hydrogen-bond donors (Lipinski definition) is 1. The zero-order valence-corrected chi connectivity index (χ0v) is 14.0. The summed E-state index contributed by atoms with van der Waals surface area (Å²) >= 11 is 0. The highest BCUT2D eigenvalue weighted by molar-refractivity contribution is 5.97. The quantitative estimate of drug-likeness (QED) is 0.769. The summed E-state index contributed by atoms with van der Waals surface area (Å²) in [5.74, 6) is 0.860. The molecule has 0 saturated carbocycles. The number of nitrogens with one attached hydrogen (secondary N) is 1. The fraction of sp³-hybridized carbons (Fsp3) is 0.200. The van der Waals surface area contributed by atoms with E-state index in [2.05, 4.69) is 41.1 Å². The number of nitrogens with zero attached hydrogens (tertiary/aromatic N) is 2. The molecule has 24 heavy (non-hydrogen) atoms. The van der Waals surface area contributed by atoms with Crippen LogP contribution in [-0.4, -0.2) is 15.3 Å². The highest BCUT2D eigenvalue weighted by Crippen LogP contribution is 2.39. The van der Waals surface area contributed by atoms with Crippen molar-refractivity contribution in [1.29, 1.82) is 0 Å². The summed E-state index contributed by atoms with van der Waals surface area (Å²) in [5.41, 5.74) is 5.90. The molecule has 1 atom stereocenters. The number of hydrogen-bond acceptors (Lipinski definition) is 3. The van der Waals surface area contributed by atoms with Crippen molar-refractivity contribution < 1.29 is 4.79 Å². The van der Waals surface area contributed by atoms with E-state index in [1.165, 1.54) is 5.56 Å². The third kappa shape index (κ3) is 2.14. The molecular formula is C20H19N3O. The molecule has 0 fully saturated rings. The lowest BCUT2D eigenvalue weighted by molar-refractivity contribution is -0.114. The number of carbonyl (C=O) groups is 1. The molecule has 4 nitrogen and oxygen atoms in total. The number of anilines is 1. The maximum atomic E-state index is 12.4. The van der Waals surface area contributed by atoms with Gasteiger partial charge in [0.2, 0.25) is 5.95 Å². The number of carbonyl (C=O) groups excluding carboxylic acids is 1. The van der Waals surface area contributed by atoms with Crippen LogP contribution in [0.1, 0.15) is 31.0 Å². The van der Waals surface area contributed by atoms with E-state index in [0.717, 1.165) is 33.8 Å². The smallest absolute Gasteiger partial charge is 0.209 e. The van der Waals surface area contributed by atoms with Crippen LogP contribution < -0.4 is 5.32 Å². The minimum Gasteiger partial charge on any atom is -0.329 e. The Labute approximate surface area is 140 Å². The largest absolute Gasteiger partial charge is 0.329 e. The van der Waals surface area contributed by atoms with Gasteiger partial charge in [-0.1, -0.05) is 42.0 Å². The van der Waals surface area contributed by atoms with Crippen molar-refractivity contribution in [2.24, 2.45) is 0 Å². The Kier molecular flexibility index (Phi) is 3.27. The number of allylic oxidation sites excluding steroid dienone is 2. The maximum absolute atomic E-state index is 12.4. The highest BCUT2D eigenvalue weighted by Gasteiger charge is 2.32. The number of aryl methyl sites for hydroxylation is 1. The minimum absolute atomic E-state index is 0.0778. The fourth-order valence-electron chi connectivity index (χ4n) is 3.48. The molecule has 4 rings (SSSR count). The Bertz CT molecular complexity index is 980. The number of aromatic nitrogens is 2. The molecule has 4 heteroatoms. The van der Waals surface area contributed by atoms with E-state index >= 15 is 0 Å². The second-order valence-electron chi connectivity index (χ2n) is 6.33. The zero-order chi connectivity index (χ0) is 16.8. The molecule has 3 aromatic rings. The van der Waals surface area contributed by atoms with E-state index in [9.17, 15) is 4.79 Å². The molecule has 0 amide bonds. The average molecular weight is 317 g/mol. The van der Waals surface area contributed by atoms with Crippen LogP contribution in [0, 0.1) is 6.92 Å². The number of para-hydroxylation sites is 2. The van der Waals surface area contributed by atoms with Gasteiger partial charge in [-0.15, -0.1) is 0 Å². The van der Waals surface area contributed by atoms with Gasteiger partial charge in [0.05, 0.1) is 17.1 Å². The number of fused-ring (bicyclic) bond motifs is 3. The first-order chi connectivity index (χ1) is 11.6. The van der Waals surface area contributed by atoms with Crippen molar-refractivity contribution >= 4 is 22.8 Å². The topological polar surface area (TPSA) is 46.9 Å². The molecule has 1 N–H and O–H groups in total. The standard InChI is InChI=1S/C20H19N3O/c1-12-8-10-15(11-9-12)19-18(14(3)24)13(2)21-20-22-16-6-4-5-7-17(16)23(19)20/h4-11,19H,1-3H3,(H,21,22)/t19-/m0/s1. The maximum Gasteiger partial charge on any atom is 0.209 e. The Morgan fingerprint density at radius 2 is 1.79 bits per heavy atom. The van der Waals surface area contributed by atoms with Crippen molar-refractivity contribution in [2.75, 3.05) is 5.32 Å². The summed E-state index contributed by atoms with van der Waals surface area (Å²) in [4.78, 5) is 17.1. The van der Waals surface area contributed by atoms with E-state index < -0.39 is 0 Å². The summed E-state index contributed by atoms with van der Waals surface area (Å²) in [6.45, 7) is 5.64. The van der Waals surface area contributed by atoms with Crippen LogP contribution in [0.5, 0.6) is 0 Å². The van der Waals surface area contributed by atoms with Gasteiger partial charge in [-0.3, -0.25) is 9.36 Å². The lowest BCUT2D eigenvalue weighted by Crippen LogP contribution is -2.26. The third-order valence-electron chi connectivity index (χ3n) is 4.60. The molecule has 0 bridgehead atoms. The molecule has 1 aliphatic heterocycles. The van der Waals surface area contributed by atoms with E-state index in [0.29, 0.717) is 0 Å². The van der Waals surface area contributed by atoms with Crippen LogP contribution in [0.4, 0.5) is 5.95 Å². The Balaban J connectivity index is 2.03. The first-order valence-corrected chi connectivity index (χ1v) is 8.08. The molecule has 2 heterocycles. The SMILES string of the molecule is CC(=O)C1=C(C)Nc2nc3ccccc3n2[C@H]1c1ccc(C)cc1. The van der Waals surface area contributed by atoms with Crippen LogP contribution in [0.25, 0.3) is 11.0 Å². The third-order valence-corrected chi connectivity index (χ3v) is 4.60. The van der Waals surface area contributed by atoms with Crippen molar-refractivity contribution in [3.63, 3.8) is 0 Å². The summed E-state index contributed by atoms with van der Waals surface area (Å²) < 4.78 is 2.13. The second-order valence-corrected chi connectivity index (χ2v) is 6.33. The molecule has 2 aromatic carbocycles. The number of ketones is 1. The molecule has 0 spiro atoms. The first kappa shape index (κ1) is 14.7. The van der Waals surface area contributed by atoms with Crippen LogP contribution in [0.15, 0.2) is 59.8 Å². The number of benzene rings is 2. The van der Waals surface area contributed by atoms with Gasteiger partial charge in [0.1, 0.15) is 0 Å². The molecule has 0 unspecified atom stereocenters. The van der Waals surface area contributed by atoms with E-state index in [4.69, 9.17) is 4.98 Å². The van der Waals surface area contributed by atoms with Gasteiger partial charge in [0, 0.05) is 11.3 Å². The predicted molar refractivity (Wildman–Crippen MR) is 96.1 cm³/mol. The van der Waals surface area contributed by atoms with Crippen molar-refractivity contribution in [3.05, 3.63) is 70.9 Å². The minimum atomic E-state index is -0.160. The molecule has 0 saturated heterocycles. The zero-order valence-electron chi connectivity index (χ0n) is 14.0. The van der Waals surface area contributed by atoms with Crippen LogP contribution in [0.2, 0.25) is 0 Å². The Hall–Kier alpha value is -2.88. The van der Waals surface area contributed by atoms with Gasteiger partial charge in [0.15, 0.2) is 5.78 Å². The summed E-state index contributed by atoms with van der Waals surface area (Å²) in [7, 11) is 0. The van der Waals surface area contributed by atoms with Crippen molar-refractivity contribution in [3.8, 4) is 0 Å². The summed E-state index contributed by atoms with van der Waals surface area (Å²) in [6.07, 6.45) is 0. The fourth-order valence-corrected chi connectivity index (χ4v) is 3.48. The van der Waals surface area contributed by atoms with Crippen molar-refractivity contribution in [2.45, 2.75) is 26.8 Å². The van der Waals surface area contributed by atoms with Gasteiger partial charge in [0.25, 0.3) is 0 Å². The number of imidazole rings is 1. The van der Waals surface area contributed by atoms with Gasteiger partial charge >= 0.3 is 0 Å². The van der Waals surface area contributed by atoms with Gasteiger partial charge in [-0.05, 0) is 38.5 Å². The van der Waals surface area contributed by atoms with Crippen molar-refractivity contribution in [1.82, 2.24) is 9.55 Å². The van der Waals surface area contributed by atoms with E-state index in [1.807, 2.05) is 31.2 Å². The Morgan fingerprint density at radius 3 is 2.50 bits per heavy atom. The molecule has 1 aliphatic rings. The van der Waals surface area contributed by atoms with Crippen LogP contribution >= 0.6 is 0 Å². The highest BCUT2D eigenvalue weighted by atomic mass is 16.1. The average Bonchev–Trinajstić information content (AvgIpc) is 2.92. The van der Waals surface area contributed by atoms with Crippen LogP contribution in [0.3, 0.4) is 0 Å². The molecule has 120 valence electrons. The monoisotopic (exact) mass is 317 g/mol. The predicted octanol–water partition coefficient (Wildman–Crippen LogP) is 4.22. The second kappa shape index (κ2) is 5.34. The van der Waals surface area contributed by atoms with Crippen LogP contribution in [-0.2, 0) is 4.79 Å². The van der Waals surface area contributed by atoms with Gasteiger partial charge in [-0.25, -0.2) is 4.98 Å².